The SMILES string of the molecule is CC(N)CCCC(C)C(=O)Nc1ccc(F)c(F)c1. The van der Waals surface area contributed by atoms with Crippen LogP contribution in [-0.2, 0) is 4.79 Å². The lowest BCUT2D eigenvalue weighted by Gasteiger charge is -2.13. The van der Waals surface area contributed by atoms with Crippen LogP contribution < -0.4 is 11.1 Å². The van der Waals surface area contributed by atoms with Crippen molar-refractivity contribution in [2.24, 2.45) is 11.7 Å². The van der Waals surface area contributed by atoms with Crippen LogP contribution in [0.2, 0.25) is 0 Å². The maximum Gasteiger partial charge on any atom is 0.227 e. The zero-order chi connectivity index (χ0) is 14.4. The molecule has 0 saturated carbocycles. The Balaban J connectivity index is 2.47. The Bertz CT molecular complexity index is 435. The highest BCUT2D eigenvalue weighted by Crippen LogP contribution is 2.16. The summed E-state index contributed by atoms with van der Waals surface area (Å²) in [5, 5.41) is 2.57. The lowest BCUT2D eigenvalue weighted by Crippen LogP contribution is -2.21. The van der Waals surface area contributed by atoms with Crippen molar-refractivity contribution in [1.82, 2.24) is 0 Å². The summed E-state index contributed by atoms with van der Waals surface area (Å²) in [5.74, 6) is -2.28. The van der Waals surface area contributed by atoms with Crippen LogP contribution in [-0.4, -0.2) is 11.9 Å². The van der Waals surface area contributed by atoms with E-state index < -0.39 is 11.6 Å². The van der Waals surface area contributed by atoms with Crippen LogP contribution in [0.4, 0.5) is 14.5 Å². The van der Waals surface area contributed by atoms with Crippen LogP contribution >= 0.6 is 0 Å². The molecular formula is C14H20F2N2O. The highest BCUT2D eigenvalue weighted by molar-refractivity contribution is 5.92. The van der Waals surface area contributed by atoms with E-state index in [0.29, 0.717) is 0 Å². The third-order valence-corrected chi connectivity index (χ3v) is 2.93. The highest BCUT2D eigenvalue weighted by atomic mass is 19.2. The molecule has 0 saturated heterocycles. The van der Waals surface area contributed by atoms with Gasteiger partial charge in [-0.2, -0.15) is 0 Å². The lowest BCUT2D eigenvalue weighted by atomic mass is 10.0. The number of benzene rings is 1. The fourth-order valence-electron chi connectivity index (χ4n) is 1.72. The summed E-state index contributed by atoms with van der Waals surface area (Å²) >= 11 is 0. The number of carbonyl (C=O) groups excluding carboxylic acids is 1. The minimum Gasteiger partial charge on any atom is -0.328 e. The van der Waals surface area contributed by atoms with E-state index in [9.17, 15) is 13.6 Å². The standard InChI is InChI=1S/C14H20F2N2O/c1-9(4-3-5-10(2)17)14(19)18-11-6-7-12(15)13(16)8-11/h6-10H,3-5,17H2,1-2H3,(H,18,19). The summed E-state index contributed by atoms with van der Waals surface area (Å²) in [4.78, 5) is 11.8. The number of anilines is 1. The molecule has 0 aliphatic rings. The molecule has 0 radical (unpaired) electrons. The minimum atomic E-state index is -0.970. The average Bonchev–Trinajstić information content (AvgIpc) is 2.33. The molecule has 106 valence electrons. The number of nitrogens with two attached hydrogens (primary N) is 1. The first-order valence-corrected chi connectivity index (χ1v) is 6.41. The van der Waals surface area contributed by atoms with Gasteiger partial charge in [0.1, 0.15) is 0 Å². The van der Waals surface area contributed by atoms with Gasteiger partial charge in [-0.1, -0.05) is 13.3 Å². The van der Waals surface area contributed by atoms with Crippen LogP contribution in [0.5, 0.6) is 0 Å². The number of carbonyl (C=O) groups is 1. The molecule has 0 heterocycles. The minimum absolute atomic E-state index is 0.126. The van der Waals surface area contributed by atoms with E-state index in [2.05, 4.69) is 5.32 Å². The smallest absolute Gasteiger partial charge is 0.227 e. The van der Waals surface area contributed by atoms with Crippen LogP contribution in [0.1, 0.15) is 33.1 Å². The molecule has 19 heavy (non-hydrogen) atoms. The second-order valence-corrected chi connectivity index (χ2v) is 4.93. The Labute approximate surface area is 112 Å². The van der Waals surface area contributed by atoms with Gasteiger partial charge in [-0.3, -0.25) is 4.79 Å². The van der Waals surface area contributed by atoms with E-state index in [-0.39, 0.29) is 23.6 Å². The Morgan fingerprint density at radius 1 is 1.26 bits per heavy atom. The molecule has 1 aromatic carbocycles. The number of amides is 1. The Morgan fingerprint density at radius 3 is 2.53 bits per heavy atom. The van der Waals surface area contributed by atoms with Gasteiger partial charge < -0.3 is 11.1 Å². The molecule has 0 spiro atoms. The maximum absolute atomic E-state index is 13.0. The Kier molecular flexibility index (Phi) is 5.89. The fourth-order valence-corrected chi connectivity index (χ4v) is 1.72. The number of hydrogen-bond donors (Lipinski definition) is 2. The van der Waals surface area contributed by atoms with Gasteiger partial charge in [0.2, 0.25) is 5.91 Å². The van der Waals surface area contributed by atoms with Crippen LogP contribution in [0, 0.1) is 17.6 Å². The predicted octanol–water partition coefficient (Wildman–Crippen LogP) is 3.06. The molecule has 0 aliphatic carbocycles. The van der Waals surface area contributed by atoms with Gasteiger partial charge in [0, 0.05) is 23.7 Å². The van der Waals surface area contributed by atoms with Crippen molar-refractivity contribution < 1.29 is 13.6 Å². The van der Waals surface area contributed by atoms with Crippen LogP contribution in [0.3, 0.4) is 0 Å². The summed E-state index contributed by atoms with van der Waals surface area (Å²) in [7, 11) is 0. The van der Waals surface area contributed by atoms with E-state index in [1.54, 1.807) is 6.92 Å². The number of rotatable bonds is 6. The largest absolute Gasteiger partial charge is 0.328 e. The topological polar surface area (TPSA) is 55.1 Å². The Hall–Kier alpha value is -1.49. The van der Waals surface area contributed by atoms with E-state index in [4.69, 9.17) is 5.73 Å². The molecular weight excluding hydrogens is 250 g/mol. The molecule has 1 aromatic rings. The van der Waals surface area contributed by atoms with E-state index in [1.807, 2.05) is 6.92 Å². The molecule has 0 aromatic heterocycles. The maximum atomic E-state index is 13.0. The zero-order valence-electron chi connectivity index (χ0n) is 11.2. The van der Waals surface area contributed by atoms with Gasteiger partial charge in [-0.25, -0.2) is 8.78 Å². The lowest BCUT2D eigenvalue weighted by molar-refractivity contribution is -0.119. The first-order valence-electron chi connectivity index (χ1n) is 6.41. The normalized spacial score (nSPS) is 13.9. The van der Waals surface area contributed by atoms with Gasteiger partial charge in [0.15, 0.2) is 11.6 Å². The van der Waals surface area contributed by atoms with Crippen molar-refractivity contribution in [3.8, 4) is 0 Å². The molecule has 1 amide bonds. The highest BCUT2D eigenvalue weighted by Gasteiger charge is 2.13. The summed E-state index contributed by atoms with van der Waals surface area (Å²) in [6, 6.07) is 3.43. The quantitative estimate of drug-likeness (QED) is 0.834. The third-order valence-electron chi connectivity index (χ3n) is 2.93. The number of hydrogen-bond acceptors (Lipinski definition) is 2. The summed E-state index contributed by atoms with van der Waals surface area (Å²) in [6.07, 6.45) is 2.45. The summed E-state index contributed by atoms with van der Waals surface area (Å²) < 4.78 is 25.7. The molecule has 0 bridgehead atoms. The predicted molar refractivity (Wildman–Crippen MR) is 71.7 cm³/mol. The van der Waals surface area contributed by atoms with Gasteiger partial charge in [0.05, 0.1) is 0 Å². The van der Waals surface area contributed by atoms with Crippen molar-refractivity contribution >= 4 is 11.6 Å². The zero-order valence-corrected chi connectivity index (χ0v) is 11.2. The molecule has 3 N–H and O–H groups in total. The van der Waals surface area contributed by atoms with Crippen LogP contribution in [0.25, 0.3) is 0 Å². The van der Waals surface area contributed by atoms with Crippen LogP contribution in [0.15, 0.2) is 18.2 Å². The van der Waals surface area contributed by atoms with E-state index in [1.165, 1.54) is 6.07 Å². The monoisotopic (exact) mass is 270 g/mol. The average molecular weight is 270 g/mol. The van der Waals surface area contributed by atoms with Crippen molar-refractivity contribution in [3.05, 3.63) is 29.8 Å². The Morgan fingerprint density at radius 2 is 1.95 bits per heavy atom. The third kappa shape index (κ3) is 5.34. The van der Waals surface area contributed by atoms with Crippen molar-refractivity contribution in [2.75, 3.05) is 5.32 Å². The molecule has 2 unspecified atom stereocenters. The molecule has 5 heteroatoms. The molecule has 3 nitrogen and oxygen atoms in total. The first-order chi connectivity index (χ1) is 8.90. The fraction of sp³-hybridized carbons (Fsp3) is 0.500. The molecule has 1 rings (SSSR count). The molecule has 2 atom stereocenters. The van der Waals surface area contributed by atoms with Gasteiger partial charge >= 0.3 is 0 Å². The van der Waals surface area contributed by atoms with Crippen molar-refractivity contribution in [1.29, 1.82) is 0 Å². The number of nitrogens with one attached hydrogen (secondary N) is 1. The first kappa shape index (κ1) is 15.6. The molecule has 0 fully saturated rings. The van der Waals surface area contributed by atoms with Crippen molar-refractivity contribution in [2.45, 2.75) is 39.2 Å². The second-order valence-electron chi connectivity index (χ2n) is 4.93. The summed E-state index contributed by atoms with van der Waals surface area (Å²) in [5.41, 5.74) is 5.90. The van der Waals surface area contributed by atoms with Crippen molar-refractivity contribution in [3.63, 3.8) is 0 Å². The van der Waals surface area contributed by atoms with E-state index >= 15 is 0 Å². The van der Waals surface area contributed by atoms with Gasteiger partial charge in [-0.05, 0) is 31.9 Å². The van der Waals surface area contributed by atoms with Gasteiger partial charge in [0.25, 0.3) is 0 Å². The van der Waals surface area contributed by atoms with Gasteiger partial charge in [-0.15, -0.1) is 0 Å². The summed E-state index contributed by atoms with van der Waals surface area (Å²) in [6.45, 7) is 3.72. The van der Waals surface area contributed by atoms with E-state index in [0.717, 1.165) is 31.4 Å². The second kappa shape index (κ2) is 7.19. The number of halogens is 2. The molecule has 0 aliphatic heterocycles.